The molecule has 0 bridgehead atoms. The van der Waals surface area contributed by atoms with Crippen molar-refractivity contribution in [3.8, 4) is 0 Å². The molecule has 0 N–H and O–H groups in total. The van der Waals surface area contributed by atoms with Crippen molar-refractivity contribution in [1.82, 2.24) is 0 Å². The Morgan fingerprint density at radius 2 is 1.82 bits per heavy atom. The molecule has 1 fully saturated rings. The summed E-state index contributed by atoms with van der Waals surface area (Å²) in [5.41, 5.74) is 0. The zero-order chi connectivity index (χ0) is 8.32. The molecule has 1 unspecified atom stereocenters. The normalized spacial score (nSPS) is 26.4. The fraction of sp³-hybridized carbons (Fsp3) is 1.00. The topological polar surface area (TPSA) is 17.1 Å². The van der Waals surface area contributed by atoms with E-state index >= 15 is 0 Å². The molecule has 0 aliphatic heterocycles. The molecule has 1 rings (SSSR count). The van der Waals surface area contributed by atoms with Gasteiger partial charge in [-0.25, -0.2) is 0 Å². The van der Waals surface area contributed by atoms with E-state index in [0.717, 1.165) is 12.8 Å². The van der Waals surface area contributed by atoms with Crippen LogP contribution in [0.25, 0.3) is 0 Å². The molecule has 66 valence electrons. The zero-order valence-electron chi connectivity index (χ0n) is 7.26. The van der Waals surface area contributed by atoms with E-state index in [1.165, 1.54) is 19.3 Å². The summed E-state index contributed by atoms with van der Waals surface area (Å²) < 4.78 is 11.6. The highest BCUT2D eigenvalue weighted by atomic mass is 32.2. The van der Waals surface area contributed by atoms with Gasteiger partial charge in [0.15, 0.2) is 0 Å². The molecule has 1 saturated carbocycles. The molecule has 0 heterocycles. The first-order chi connectivity index (χ1) is 5.21. The summed E-state index contributed by atoms with van der Waals surface area (Å²) >= 11 is 1.80. The molecule has 0 aromatic carbocycles. The maximum absolute atomic E-state index is 11.4. The summed E-state index contributed by atoms with van der Waals surface area (Å²) in [5, 5.41) is 0. The minimum atomic E-state index is -0.648. The Kier molecular flexibility index (Phi) is 3.44. The Morgan fingerprint density at radius 3 is 2.09 bits per heavy atom. The molecule has 1 aliphatic carbocycles. The van der Waals surface area contributed by atoms with E-state index in [9.17, 15) is 4.21 Å². The molecule has 0 saturated heterocycles. The summed E-state index contributed by atoms with van der Waals surface area (Å²) in [5.74, 6) is 0. The van der Waals surface area contributed by atoms with Crippen molar-refractivity contribution in [2.45, 2.75) is 36.2 Å². The third-order valence-electron chi connectivity index (χ3n) is 2.51. The van der Waals surface area contributed by atoms with Gasteiger partial charge in [-0.05, 0) is 19.1 Å². The summed E-state index contributed by atoms with van der Waals surface area (Å²) in [6.07, 6.45) is 10.1. The van der Waals surface area contributed by atoms with Crippen LogP contribution in [-0.4, -0.2) is 20.8 Å². The molecule has 1 nitrogen and oxygen atoms in total. The van der Waals surface area contributed by atoms with E-state index in [0.29, 0.717) is 0 Å². The van der Waals surface area contributed by atoms with E-state index in [1.54, 1.807) is 11.8 Å². The summed E-state index contributed by atoms with van der Waals surface area (Å²) in [4.78, 5) is 0. The average Bonchev–Trinajstić information content (AvgIpc) is 2.05. The number of rotatable bonds is 2. The zero-order valence-corrected chi connectivity index (χ0v) is 8.89. The van der Waals surface area contributed by atoms with E-state index < -0.39 is 10.8 Å². The van der Waals surface area contributed by atoms with Gasteiger partial charge in [-0.15, -0.1) is 11.8 Å². The highest BCUT2D eigenvalue weighted by Gasteiger charge is 2.34. The molecule has 1 atom stereocenters. The quantitative estimate of drug-likeness (QED) is 0.668. The smallest absolute Gasteiger partial charge is 0.0903 e. The largest absolute Gasteiger partial charge is 0.258 e. The summed E-state index contributed by atoms with van der Waals surface area (Å²) in [6, 6.07) is 0. The molecule has 1 aliphatic rings. The van der Waals surface area contributed by atoms with Gasteiger partial charge in [0.2, 0.25) is 0 Å². The van der Waals surface area contributed by atoms with Crippen molar-refractivity contribution >= 4 is 22.6 Å². The van der Waals surface area contributed by atoms with E-state index in [2.05, 4.69) is 6.26 Å². The van der Waals surface area contributed by atoms with Crippen molar-refractivity contribution in [3.63, 3.8) is 0 Å². The molecule has 0 spiro atoms. The number of hydrogen-bond acceptors (Lipinski definition) is 2. The predicted molar refractivity (Wildman–Crippen MR) is 53.4 cm³/mol. The Labute approximate surface area is 75.8 Å². The van der Waals surface area contributed by atoms with Crippen LogP contribution in [0, 0.1) is 0 Å². The van der Waals surface area contributed by atoms with Crippen molar-refractivity contribution in [2.75, 3.05) is 12.5 Å². The standard InChI is InChI=1S/C8H16OS2/c1-10-8(11(2)9)6-4-3-5-7-8/h3-7H2,1-2H3. The van der Waals surface area contributed by atoms with Gasteiger partial charge in [0.25, 0.3) is 0 Å². The van der Waals surface area contributed by atoms with Gasteiger partial charge in [0.05, 0.1) is 4.08 Å². The van der Waals surface area contributed by atoms with Crippen LogP contribution in [0.4, 0.5) is 0 Å². The van der Waals surface area contributed by atoms with Gasteiger partial charge in [-0.2, -0.15) is 0 Å². The van der Waals surface area contributed by atoms with Gasteiger partial charge in [0.1, 0.15) is 0 Å². The lowest BCUT2D eigenvalue weighted by Gasteiger charge is -2.33. The number of hydrogen-bond donors (Lipinski definition) is 0. The lowest BCUT2D eigenvalue weighted by molar-refractivity contribution is 0.481. The van der Waals surface area contributed by atoms with Crippen molar-refractivity contribution < 1.29 is 4.21 Å². The fourth-order valence-electron chi connectivity index (χ4n) is 1.70. The van der Waals surface area contributed by atoms with Gasteiger partial charge in [-0.1, -0.05) is 19.3 Å². The highest BCUT2D eigenvalue weighted by molar-refractivity contribution is 8.11. The van der Waals surface area contributed by atoms with Crippen LogP contribution in [0.3, 0.4) is 0 Å². The van der Waals surface area contributed by atoms with Crippen LogP contribution in [0.1, 0.15) is 32.1 Å². The van der Waals surface area contributed by atoms with Gasteiger partial charge < -0.3 is 0 Å². The van der Waals surface area contributed by atoms with Crippen LogP contribution in [0.15, 0.2) is 0 Å². The van der Waals surface area contributed by atoms with Crippen LogP contribution in [0.2, 0.25) is 0 Å². The third-order valence-corrected chi connectivity index (χ3v) is 6.32. The number of thioether (sulfide) groups is 1. The molecule has 3 heteroatoms. The lowest BCUT2D eigenvalue weighted by Crippen LogP contribution is -2.31. The first-order valence-electron chi connectivity index (χ1n) is 4.10. The Balaban J connectivity index is 2.64. The molecule has 11 heavy (non-hydrogen) atoms. The average molecular weight is 192 g/mol. The van der Waals surface area contributed by atoms with Crippen molar-refractivity contribution in [2.24, 2.45) is 0 Å². The SMILES string of the molecule is CSC1(S(C)=O)CCCCC1. The maximum Gasteiger partial charge on any atom is 0.0903 e. The molecule has 0 aromatic heterocycles. The van der Waals surface area contributed by atoms with Gasteiger partial charge >= 0.3 is 0 Å². The van der Waals surface area contributed by atoms with Crippen LogP contribution < -0.4 is 0 Å². The molecule has 0 amide bonds. The van der Waals surface area contributed by atoms with Crippen LogP contribution in [-0.2, 0) is 10.8 Å². The van der Waals surface area contributed by atoms with Crippen molar-refractivity contribution in [3.05, 3.63) is 0 Å². The van der Waals surface area contributed by atoms with E-state index in [1.807, 2.05) is 6.26 Å². The van der Waals surface area contributed by atoms with E-state index in [-0.39, 0.29) is 4.08 Å². The van der Waals surface area contributed by atoms with Crippen LogP contribution >= 0.6 is 11.8 Å². The van der Waals surface area contributed by atoms with Crippen molar-refractivity contribution in [1.29, 1.82) is 0 Å². The lowest BCUT2D eigenvalue weighted by atomic mass is 10.00. The minimum absolute atomic E-state index is 0.109. The summed E-state index contributed by atoms with van der Waals surface area (Å²) in [7, 11) is -0.648. The second-order valence-electron chi connectivity index (χ2n) is 3.13. The fourth-order valence-corrected chi connectivity index (χ4v) is 4.20. The highest BCUT2D eigenvalue weighted by Crippen LogP contribution is 2.40. The Hall–Kier alpha value is 0.500. The van der Waals surface area contributed by atoms with Gasteiger partial charge in [0, 0.05) is 17.1 Å². The third kappa shape index (κ3) is 2.00. The second-order valence-corrected chi connectivity index (χ2v) is 6.27. The first kappa shape index (κ1) is 9.59. The van der Waals surface area contributed by atoms with Gasteiger partial charge in [-0.3, -0.25) is 4.21 Å². The second kappa shape index (κ2) is 3.94. The molecule has 0 radical (unpaired) electrons. The molecule has 0 aromatic rings. The monoisotopic (exact) mass is 192 g/mol. The van der Waals surface area contributed by atoms with E-state index in [4.69, 9.17) is 0 Å². The minimum Gasteiger partial charge on any atom is -0.258 e. The predicted octanol–water partition coefficient (Wildman–Crippen LogP) is 2.39. The Morgan fingerprint density at radius 1 is 1.27 bits per heavy atom. The first-order valence-corrected chi connectivity index (χ1v) is 6.88. The van der Waals surface area contributed by atoms with Crippen LogP contribution in [0.5, 0.6) is 0 Å². The summed E-state index contributed by atoms with van der Waals surface area (Å²) in [6.45, 7) is 0. The maximum atomic E-state index is 11.4. The Bertz CT molecular complexity index is 150. The molecular weight excluding hydrogens is 176 g/mol. The molecular formula is C8H16OS2.